The quantitative estimate of drug-likeness (QED) is 0.601. The zero-order valence-electron chi connectivity index (χ0n) is 17.2. The van der Waals surface area contributed by atoms with E-state index in [4.69, 9.17) is 0 Å². The third-order valence-corrected chi connectivity index (χ3v) is 5.73. The highest BCUT2D eigenvalue weighted by Crippen LogP contribution is 2.38. The molecule has 1 nitrogen and oxygen atoms in total. The molecule has 0 aliphatic rings. The van der Waals surface area contributed by atoms with Crippen molar-refractivity contribution in [1.82, 2.24) is 0 Å². The van der Waals surface area contributed by atoms with Gasteiger partial charge in [-0.2, -0.15) is 0 Å². The molecule has 0 amide bonds. The van der Waals surface area contributed by atoms with Gasteiger partial charge < -0.3 is 4.90 Å². The molecule has 0 fully saturated rings. The van der Waals surface area contributed by atoms with Crippen LogP contribution < -0.4 is 4.90 Å². The smallest absolute Gasteiger partial charge is 0.0473 e. The zero-order chi connectivity index (χ0) is 18.4. The third kappa shape index (κ3) is 3.09. The first-order valence-corrected chi connectivity index (χ1v) is 8.88. The fourth-order valence-corrected chi connectivity index (χ4v) is 3.54. The van der Waals surface area contributed by atoms with Crippen LogP contribution in [0.1, 0.15) is 59.7 Å². The lowest BCUT2D eigenvalue weighted by Crippen LogP contribution is -2.18. The van der Waals surface area contributed by atoms with Crippen LogP contribution in [0.25, 0.3) is 0 Å². The first kappa shape index (κ1) is 18.6. The second-order valence-corrected chi connectivity index (χ2v) is 8.28. The van der Waals surface area contributed by atoms with E-state index in [1.807, 2.05) is 0 Å². The molecule has 24 heavy (non-hydrogen) atoms. The van der Waals surface area contributed by atoms with Crippen molar-refractivity contribution in [2.45, 2.75) is 67.7 Å². The summed E-state index contributed by atoms with van der Waals surface area (Å²) in [6, 6.07) is 6.88. The largest absolute Gasteiger partial charge is 0.344 e. The molecule has 0 radical (unpaired) electrons. The van der Waals surface area contributed by atoms with E-state index >= 15 is 0 Å². The van der Waals surface area contributed by atoms with Gasteiger partial charge in [0, 0.05) is 18.4 Å². The van der Waals surface area contributed by atoms with Crippen molar-refractivity contribution >= 4 is 11.4 Å². The molecule has 0 bridgehead atoms. The summed E-state index contributed by atoms with van der Waals surface area (Å²) in [5.74, 6) is 0. The standard InChI is InChI=1S/C23H33N/c1-14-11-12-20(23(7,8)9)13-21(14)24(10)22-18(5)16(3)15(2)17(4)19(22)6/h11-13H,1-10H3. The molecule has 2 rings (SSSR count). The van der Waals surface area contributed by atoms with E-state index in [2.05, 4.69) is 92.5 Å². The maximum Gasteiger partial charge on any atom is 0.0473 e. The highest BCUT2D eigenvalue weighted by molar-refractivity contribution is 5.74. The van der Waals surface area contributed by atoms with Crippen LogP contribution in [0.2, 0.25) is 0 Å². The van der Waals surface area contributed by atoms with E-state index in [9.17, 15) is 0 Å². The minimum Gasteiger partial charge on any atom is -0.344 e. The Balaban J connectivity index is 2.69. The molecule has 0 N–H and O–H groups in total. The third-order valence-electron chi connectivity index (χ3n) is 5.73. The van der Waals surface area contributed by atoms with Crippen LogP contribution in [0, 0.1) is 41.5 Å². The molecule has 130 valence electrons. The number of hydrogen-bond acceptors (Lipinski definition) is 1. The molecule has 2 aromatic carbocycles. The Labute approximate surface area is 148 Å². The van der Waals surface area contributed by atoms with Crippen molar-refractivity contribution in [3.05, 3.63) is 57.1 Å². The summed E-state index contributed by atoms with van der Waals surface area (Å²) < 4.78 is 0. The molecule has 0 unspecified atom stereocenters. The number of anilines is 2. The van der Waals surface area contributed by atoms with Crippen molar-refractivity contribution in [2.75, 3.05) is 11.9 Å². The normalized spacial score (nSPS) is 11.8. The lowest BCUT2D eigenvalue weighted by Gasteiger charge is -2.30. The number of hydrogen-bond donors (Lipinski definition) is 0. The minimum absolute atomic E-state index is 0.159. The number of benzene rings is 2. The van der Waals surface area contributed by atoms with E-state index in [1.165, 1.54) is 50.3 Å². The van der Waals surface area contributed by atoms with Crippen molar-refractivity contribution in [1.29, 1.82) is 0 Å². The molecule has 0 aliphatic heterocycles. The van der Waals surface area contributed by atoms with Crippen LogP contribution in [0.4, 0.5) is 11.4 Å². The average Bonchev–Trinajstić information content (AvgIpc) is 2.50. The average molecular weight is 324 g/mol. The van der Waals surface area contributed by atoms with Crippen LogP contribution in [0.15, 0.2) is 18.2 Å². The maximum absolute atomic E-state index is 2.38. The lowest BCUT2D eigenvalue weighted by molar-refractivity contribution is 0.590. The van der Waals surface area contributed by atoms with Gasteiger partial charge >= 0.3 is 0 Å². The number of aryl methyl sites for hydroxylation is 1. The first-order valence-electron chi connectivity index (χ1n) is 8.88. The monoisotopic (exact) mass is 323 g/mol. The summed E-state index contributed by atoms with van der Waals surface area (Å²) in [7, 11) is 2.21. The lowest BCUT2D eigenvalue weighted by atomic mass is 9.86. The van der Waals surface area contributed by atoms with Gasteiger partial charge in [0.15, 0.2) is 0 Å². The van der Waals surface area contributed by atoms with Gasteiger partial charge in [-0.25, -0.2) is 0 Å². The Kier molecular flexibility index (Phi) is 4.86. The molecule has 0 saturated heterocycles. The van der Waals surface area contributed by atoms with Gasteiger partial charge in [-0.05, 0) is 92.0 Å². The SMILES string of the molecule is Cc1ccc(C(C)(C)C)cc1N(C)c1c(C)c(C)c(C)c(C)c1C. The molecular weight excluding hydrogens is 290 g/mol. The van der Waals surface area contributed by atoms with Crippen molar-refractivity contribution in [2.24, 2.45) is 0 Å². The van der Waals surface area contributed by atoms with E-state index in [1.54, 1.807) is 0 Å². The van der Waals surface area contributed by atoms with E-state index in [-0.39, 0.29) is 5.41 Å². The Hall–Kier alpha value is -1.76. The molecular formula is C23H33N. The molecule has 2 aromatic rings. The second-order valence-electron chi connectivity index (χ2n) is 8.28. The van der Waals surface area contributed by atoms with Gasteiger partial charge in [0.25, 0.3) is 0 Å². The zero-order valence-corrected chi connectivity index (χ0v) is 17.2. The highest BCUT2D eigenvalue weighted by atomic mass is 15.1. The van der Waals surface area contributed by atoms with Crippen molar-refractivity contribution in [3.8, 4) is 0 Å². The second kappa shape index (κ2) is 6.27. The Morgan fingerprint density at radius 1 is 0.708 bits per heavy atom. The van der Waals surface area contributed by atoms with E-state index in [0.717, 1.165) is 0 Å². The molecule has 0 spiro atoms. The minimum atomic E-state index is 0.159. The van der Waals surface area contributed by atoms with Crippen LogP contribution in [0.3, 0.4) is 0 Å². The molecule has 0 aliphatic carbocycles. The predicted octanol–water partition coefficient (Wildman–Crippen LogP) is 6.60. The Bertz CT molecular complexity index is 747. The highest BCUT2D eigenvalue weighted by Gasteiger charge is 2.20. The van der Waals surface area contributed by atoms with Crippen molar-refractivity contribution < 1.29 is 0 Å². The van der Waals surface area contributed by atoms with Crippen LogP contribution >= 0.6 is 0 Å². The van der Waals surface area contributed by atoms with Gasteiger partial charge in [-0.3, -0.25) is 0 Å². The van der Waals surface area contributed by atoms with Crippen molar-refractivity contribution in [3.63, 3.8) is 0 Å². The summed E-state index contributed by atoms with van der Waals surface area (Å²) in [4.78, 5) is 2.38. The van der Waals surface area contributed by atoms with E-state index in [0.29, 0.717) is 0 Å². The van der Waals surface area contributed by atoms with Crippen LogP contribution in [-0.4, -0.2) is 7.05 Å². The fraction of sp³-hybridized carbons (Fsp3) is 0.478. The van der Waals surface area contributed by atoms with E-state index < -0.39 is 0 Å². The molecule has 1 heteroatoms. The summed E-state index contributed by atoms with van der Waals surface area (Å²) >= 11 is 0. The number of nitrogens with zero attached hydrogens (tertiary/aromatic N) is 1. The Morgan fingerprint density at radius 3 is 1.62 bits per heavy atom. The predicted molar refractivity (Wildman–Crippen MR) is 108 cm³/mol. The number of rotatable bonds is 2. The summed E-state index contributed by atoms with van der Waals surface area (Å²) in [5.41, 5.74) is 12.5. The summed E-state index contributed by atoms with van der Waals surface area (Å²) in [5, 5.41) is 0. The summed E-state index contributed by atoms with van der Waals surface area (Å²) in [6.45, 7) is 20.3. The first-order chi connectivity index (χ1) is 11.0. The van der Waals surface area contributed by atoms with Crippen LogP contribution in [0.5, 0.6) is 0 Å². The maximum atomic E-state index is 2.38. The fourth-order valence-electron chi connectivity index (χ4n) is 3.54. The summed E-state index contributed by atoms with van der Waals surface area (Å²) in [6.07, 6.45) is 0. The molecule has 0 aromatic heterocycles. The topological polar surface area (TPSA) is 3.24 Å². The Morgan fingerprint density at radius 2 is 1.17 bits per heavy atom. The van der Waals surface area contributed by atoms with Gasteiger partial charge in [-0.1, -0.05) is 32.9 Å². The van der Waals surface area contributed by atoms with Crippen LogP contribution in [-0.2, 0) is 5.41 Å². The molecule has 0 saturated carbocycles. The molecule has 0 atom stereocenters. The van der Waals surface area contributed by atoms with Gasteiger partial charge in [0.1, 0.15) is 0 Å². The van der Waals surface area contributed by atoms with Gasteiger partial charge in [0.2, 0.25) is 0 Å². The van der Waals surface area contributed by atoms with Gasteiger partial charge in [0.05, 0.1) is 0 Å². The molecule has 0 heterocycles. The van der Waals surface area contributed by atoms with Gasteiger partial charge in [-0.15, -0.1) is 0 Å².